The van der Waals surface area contributed by atoms with Gasteiger partial charge in [-0.2, -0.15) is 0 Å². The van der Waals surface area contributed by atoms with Gasteiger partial charge < -0.3 is 4.74 Å². The first-order valence-corrected chi connectivity index (χ1v) is 8.01. The number of hydrogen-bond donors (Lipinski definition) is 0. The highest BCUT2D eigenvalue weighted by Gasteiger charge is 2.08. The van der Waals surface area contributed by atoms with Gasteiger partial charge in [-0.25, -0.2) is 0 Å². The van der Waals surface area contributed by atoms with Crippen LogP contribution in [0.5, 0.6) is 5.75 Å². The third kappa shape index (κ3) is 4.25. The van der Waals surface area contributed by atoms with Gasteiger partial charge >= 0.3 is 0 Å². The summed E-state index contributed by atoms with van der Waals surface area (Å²) in [5.41, 5.74) is 3.81. The van der Waals surface area contributed by atoms with Crippen molar-refractivity contribution in [1.82, 2.24) is 0 Å². The van der Waals surface area contributed by atoms with Crippen molar-refractivity contribution in [3.05, 3.63) is 64.2 Å². The monoisotopic (exact) mass is 302 g/mol. The van der Waals surface area contributed by atoms with Gasteiger partial charge in [0.1, 0.15) is 5.75 Å². The standard InChI is InChI=1S/C19H23ClO/c1-4-14(3)16-8-11-19(20)17(13-16)12-15-6-9-18(10-7-15)21-5-2/h6-11,13-14H,4-5,12H2,1-3H3. The van der Waals surface area contributed by atoms with E-state index < -0.39 is 0 Å². The molecule has 2 rings (SSSR count). The molecule has 0 saturated heterocycles. The third-order valence-electron chi connectivity index (χ3n) is 3.88. The van der Waals surface area contributed by atoms with Crippen LogP contribution in [0.2, 0.25) is 5.02 Å². The maximum Gasteiger partial charge on any atom is 0.119 e. The molecule has 21 heavy (non-hydrogen) atoms. The lowest BCUT2D eigenvalue weighted by Gasteiger charge is -2.13. The zero-order valence-electron chi connectivity index (χ0n) is 13.0. The van der Waals surface area contributed by atoms with Gasteiger partial charge in [0, 0.05) is 5.02 Å². The predicted molar refractivity (Wildman–Crippen MR) is 90.6 cm³/mol. The molecule has 0 amide bonds. The van der Waals surface area contributed by atoms with Crippen molar-refractivity contribution >= 4 is 11.6 Å². The Morgan fingerprint density at radius 2 is 1.76 bits per heavy atom. The Hall–Kier alpha value is -1.47. The van der Waals surface area contributed by atoms with Crippen molar-refractivity contribution < 1.29 is 4.74 Å². The first kappa shape index (κ1) is 15.9. The Morgan fingerprint density at radius 3 is 2.38 bits per heavy atom. The molecule has 0 N–H and O–H groups in total. The van der Waals surface area contributed by atoms with Crippen LogP contribution in [0.4, 0.5) is 0 Å². The Balaban J connectivity index is 2.18. The fourth-order valence-corrected chi connectivity index (χ4v) is 2.55. The molecule has 0 saturated carbocycles. The number of ether oxygens (including phenoxy) is 1. The summed E-state index contributed by atoms with van der Waals surface area (Å²) in [5.74, 6) is 1.49. The minimum Gasteiger partial charge on any atom is -0.494 e. The largest absolute Gasteiger partial charge is 0.494 e. The average molecular weight is 303 g/mol. The summed E-state index contributed by atoms with van der Waals surface area (Å²) in [4.78, 5) is 0. The van der Waals surface area contributed by atoms with Crippen LogP contribution in [-0.2, 0) is 6.42 Å². The van der Waals surface area contributed by atoms with Crippen LogP contribution < -0.4 is 4.74 Å². The second kappa shape index (κ2) is 7.51. The van der Waals surface area contributed by atoms with E-state index in [0.29, 0.717) is 12.5 Å². The minimum absolute atomic E-state index is 0.571. The third-order valence-corrected chi connectivity index (χ3v) is 4.25. The van der Waals surface area contributed by atoms with E-state index in [0.717, 1.165) is 23.6 Å². The molecule has 0 radical (unpaired) electrons. The highest BCUT2D eigenvalue weighted by molar-refractivity contribution is 6.31. The molecule has 112 valence electrons. The molecule has 0 spiro atoms. The van der Waals surface area contributed by atoms with Gasteiger partial charge in [-0.15, -0.1) is 0 Å². The second-order valence-electron chi connectivity index (χ2n) is 5.41. The van der Waals surface area contributed by atoms with Crippen molar-refractivity contribution in [1.29, 1.82) is 0 Å². The number of halogens is 1. The number of rotatable bonds is 6. The molecule has 0 heterocycles. The molecule has 1 nitrogen and oxygen atoms in total. The van der Waals surface area contributed by atoms with Crippen LogP contribution in [0.15, 0.2) is 42.5 Å². The van der Waals surface area contributed by atoms with Gasteiger partial charge in [-0.05, 0) is 60.6 Å². The van der Waals surface area contributed by atoms with Gasteiger partial charge in [0.2, 0.25) is 0 Å². The summed E-state index contributed by atoms with van der Waals surface area (Å²) < 4.78 is 5.47. The van der Waals surface area contributed by atoms with Crippen LogP contribution in [-0.4, -0.2) is 6.61 Å². The Labute approximate surface area is 132 Å². The Bertz CT molecular complexity index is 575. The highest BCUT2D eigenvalue weighted by atomic mass is 35.5. The SMILES string of the molecule is CCOc1ccc(Cc2cc(C(C)CC)ccc2Cl)cc1. The summed E-state index contributed by atoms with van der Waals surface area (Å²) in [6.45, 7) is 7.16. The molecular formula is C19H23ClO. The topological polar surface area (TPSA) is 9.23 Å². The minimum atomic E-state index is 0.571. The summed E-state index contributed by atoms with van der Waals surface area (Å²) in [7, 11) is 0. The van der Waals surface area contributed by atoms with Crippen molar-refractivity contribution in [2.75, 3.05) is 6.61 Å². The van der Waals surface area contributed by atoms with Gasteiger partial charge in [0.05, 0.1) is 6.61 Å². The molecule has 2 aromatic carbocycles. The van der Waals surface area contributed by atoms with E-state index in [9.17, 15) is 0 Å². The molecule has 2 aromatic rings. The fraction of sp³-hybridized carbons (Fsp3) is 0.368. The van der Waals surface area contributed by atoms with Crippen LogP contribution >= 0.6 is 11.6 Å². The summed E-state index contributed by atoms with van der Waals surface area (Å²) in [6.07, 6.45) is 2.00. The normalized spacial score (nSPS) is 12.2. The molecule has 0 aromatic heterocycles. The molecule has 2 heteroatoms. The Kier molecular flexibility index (Phi) is 5.69. The number of benzene rings is 2. The maximum absolute atomic E-state index is 6.35. The van der Waals surface area contributed by atoms with Crippen LogP contribution in [0, 0.1) is 0 Å². The smallest absolute Gasteiger partial charge is 0.119 e. The molecule has 0 fully saturated rings. The van der Waals surface area contributed by atoms with Crippen LogP contribution in [0.25, 0.3) is 0 Å². The van der Waals surface area contributed by atoms with E-state index in [1.807, 2.05) is 25.1 Å². The second-order valence-corrected chi connectivity index (χ2v) is 5.82. The van der Waals surface area contributed by atoms with E-state index in [4.69, 9.17) is 16.3 Å². The predicted octanol–water partition coefficient (Wildman–Crippen LogP) is 5.84. The van der Waals surface area contributed by atoms with E-state index in [1.54, 1.807) is 0 Å². The van der Waals surface area contributed by atoms with E-state index in [-0.39, 0.29) is 0 Å². The molecule has 0 aliphatic heterocycles. The quantitative estimate of drug-likeness (QED) is 0.651. The lowest BCUT2D eigenvalue weighted by Crippen LogP contribution is -1.96. The zero-order valence-corrected chi connectivity index (χ0v) is 13.8. The summed E-state index contributed by atoms with van der Waals surface area (Å²) in [5, 5.41) is 0.843. The van der Waals surface area contributed by atoms with Gasteiger partial charge in [-0.3, -0.25) is 0 Å². The molecule has 1 atom stereocenters. The van der Waals surface area contributed by atoms with E-state index in [2.05, 4.69) is 38.1 Å². The van der Waals surface area contributed by atoms with E-state index >= 15 is 0 Å². The summed E-state index contributed by atoms with van der Waals surface area (Å²) >= 11 is 6.35. The molecule has 0 bridgehead atoms. The highest BCUT2D eigenvalue weighted by Crippen LogP contribution is 2.26. The average Bonchev–Trinajstić information content (AvgIpc) is 2.51. The van der Waals surface area contributed by atoms with Crippen molar-refractivity contribution in [2.24, 2.45) is 0 Å². The van der Waals surface area contributed by atoms with Crippen molar-refractivity contribution in [3.8, 4) is 5.75 Å². The molecule has 0 aliphatic rings. The van der Waals surface area contributed by atoms with E-state index in [1.165, 1.54) is 16.7 Å². The lowest BCUT2D eigenvalue weighted by molar-refractivity contribution is 0.340. The van der Waals surface area contributed by atoms with Gasteiger partial charge in [-0.1, -0.05) is 49.7 Å². The van der Waals surface area contributed by atoms with Gasteiger partial charge in [0.25, 0.3) is 0 Å². The Morgan fingerprint density at radius 1 is 1.05 bits per heavy atom. The van der Waals surface area contributed by atoms with Crippen molar-refractivity contribution in [2.45, 2.75) is 39.5 Å². The fourth-order valence-electron chi connectivity index (χ4n) is 2.36. The maximum atomic E-state index is 6.35. The molecular weight excluding hydrogens is 280 g/mol. The molecule has 0 aliphatic carbocycles. The zero-order chi connectivity index (χ0) is 15.2. The van der Waals surface area contributed by atoms with Crippen LogP contribution in [0.1, 0.15) is 49.8 Å². The number of hydrogen-bond acceptors (Lipinski definition) is 1. The first-order chi connectivity index (χ1) is 10.1. The lowest BCUT2D eigenvalue weighted by atomic mass is 9.95. The summed E-state index contributed by atoms with van der Waals surface area (Å²) in [6, 6.07) is 14.7. The van der Waals surface area contributed by atoms with Crippen molar-refractivity contribution in [3.63, 3.8) is 0 Å². The van der Waals surface area contributed by atoms with Gasteiger partial charge in [0.15, 0.2) is 0 Å². The first-order valence-electron chi connectivity index (χ1n) is 7.64. The van der Waals surface area contributed by atoms with Crippen LogP contribution in [0.3, 0.4) is 0 Å². The molecule has 1 unspecified atom stereocenters.